The first-order valence-electron chi connectivity index (χ1n) is 5.37. The summed E-state index contributed by atoms with van der Waals surface area (Å²) in [4.78, 5) is 11.9. The molecule has 8 heteroatoms. The molecule has 0 heterocycles. The van der Waals surface area contributed by atoms with Crippen molar-refractivity contribution in [1.29, 1.82) is 0 Å². The van der Waals surface area contributed by atoms with Crippen molar-refractivity contribution in [3.05, 3.63) is 28.3 Å². The molecule has 0 atom stereocenters. The van der Waals surface area contributed by atoms with Crippen molar-refractivity contribution >= 4 is 21.4 Å². The van der Waals surface area contributed by atoms with Crippen LogP contribution in [0.15, 0.2) is 23.1 Å². The second-order valence-corrected chi connectivity index (χ2v) is 5.19. The Morgan fingerprint density at radius 1 is 1.33 bits per heavy atom. The minimum absolute atomic E-state index is 0.259. The molecule has 2 N–H and O–H groups in total. The monoisotopic (exact) mass is 273 g/mol. The molecule has 0 aliphatic rings. The van der Waals surface area contributed by atoms with Crippen LogP contribution in [0.2, 0.25) is 0 Å². The first-order chi connectivity index (χ1) is 8.31. The molecular weight excluding hydrogens is 258 g/mol. The number of sulfonamides is 1. The van der Waals surface area contributed by atoms with E-state index in [1.165, 1.54) is 12.1 Å². The SMILES string of the molecule is CCN(CC)c1ccc(S(N)(=O)=O)cc1[N+](=O)[O-]. The lowest BCUT2D eigenvalue weighted by atomic mass is 10.2. The lowest BCUT2D eigenvalue weighted by Crippen LogP contribution is -2.23. The van der Waals surface area contributed by atoms with Crippen LogP contribution in [0.3, 0.4) is 0 Å². The number of nitrogens with zero attached hydrogens (tertiary/aromatic N) is 2. The molecule has 0 bridgehead atoms. The Balaban J connectivity index is 3.43. The summed E-state index contributed by atoms with van der Waals surface area (Å²) in [6, 6.07) is 3.67. The summed E-state index contributed by atoms with van der Waals surface area (Å²) in [5.74, 6) is 0. The van der Waals surface area contributed by atoms with Crippen LogP contribution in [-0.2, 0) is 10.0 Å². The number of primary sulfonamides is 1. The predicted molar refractivity (Wildman–Crippen MR) is 68.0 cm³/mol. The van der Waals surface area contributed by atoms with Gasteiger partial charge in [-0.3, -0.25) is 10.1 Å². The summed E-state index contributed by atoms with van der Waals surface area (Å²) in [6.07, 6.45) is 0. The average molecular weight is 273 g/mol. The number of hydrogen-bond acceptors (Lipinski definition) is 5. The van der Waals surface area contributed by atoms with Gasteiger partial charge >= 0.3 is 0 Å². The van der Waals surface area contributed by atoms with Gasteiger partial charge in [-0.2, -0.15) is 0 Å². The van der Waals surface area contributed by atoms with Gasteiger partial charge in [-0.05, 0) is 26.0 Å². The largest absolute Gasteiger partial charge is 0.367 e. The van der Waals surface area contributed by atoms with Crippen LogP contribution in [0, 0.1) is 10.1 Å². The molecule has 0 spiro atoms. The summed E-state index contributed by atoms with van der Waals surface area (Å²) in [6.45, 7) is 4.90. The fourth-order valence-corrected chi connectivity index (χ4v) is 2.19. The van der Waals surface area contributed by atoms with Crippen molar-refractivity contribution in [2.45, 2.75) is 18.7 Å². The van der Waals surface area contributed by atoms with Crippen LogP contribution < -0.4 is 10.0 Å². The zero-order valence-electron chi connectivity index (χ0n) is 10.2. The highest BCUT2D eigenvalue weighted by molar-refractivity contribution is 7.89. The van der Waals surface area contributed by atoms with Gasteiger partial charge in [0, 0.05) is 19.2 Å². The Morgan fingerprint density at radius 2 is 1.89 bits per heavy atom. The van der Waals surface area contributed by atoms with E-state index >= 15 is 0 Å². The lowest BCUT2D eigenvalue weighted by molar-refractivity contribution is -0.384. The van der Waals surface area contributed by atoms with Crippen molar-refractivity contribution in [2.75, 3.05) is 18.0 Å². The van der Waals surface area contributed by atoms with Gasteiger partial charge in [0.25, 0.3) is 5.69 Å². The van der Waals surface area contributed by atoms with Gasteiger partial charge in [0.05, 0.1) is 9.82 Å². The third kappa shape index (κ3) is 2.96. The zero-order valence-corrected chi connectivity index (χ0v) is 11.0. The summed E-state index contributed by atoms with van der Waals surface area (Å²) in [5.41, 5.74) is 0.127. The Hall–Kier alpha value is -1.67. The predicted octanol–water partition coefficient (Wildman–Crippen LogP) is 1.09. The molecule has 0 fully saturated rings. The Kier molecular flexibility index (Phi) is 4.25. The van der Waals surface area contributed by atoms with E-state index in [2.05, 4.69) is 0 Å². The molecule has 1 aromatic rings. The molecular formula is C10H15N3O4S. The molecule has 1 aromatic carbocycles. The molecule has 7 nitrogen and oxygen atoms in total. The molecule has 0 radical (unpaired) electrons. The number of anilines is 1. The average Bonchev–Trinajstić information content (AvgIpc) is 2.29. The standard InChI is InChI=1S/C10H15N3O4S/c1-3-12(4-2)9-6-5-8(18(11,16)17)7-10(9)13(14)15/h5-7H,3-4H2,1-2H3,(H2,11,16,17). The summed E-state index contributed by atoms with van der Waals surface area (Å²) >= 11 is 0. The first kappa shape index (κ1) is 14.4. The third-order valence-corrected chi connectivity index (χ3v) is 3.49. The van der Waals surface area contributed by atoms with E-state index in [0.29, 0.717) is 18.8 Å². The smallest absolute Gasteiger partial charge is 0.293 e. The normalized spacial score (nSPS) is 11.3. The fraction of sp³-hybridized carbons (Fsp3) is 0.400. The van der Waals surface area contributed by atoms with E-state index in [1.54, 1.807) is 4.90 Å². The highest BCUT2D eigenvalue weighted by atomic mass is 32.2. The van der Waals surface area contributed by atoms with E-state index < -0.39 is 14.9 Å². The number of nitro benzene ring substituents is 1. The molecule has 0 saturated heterocycles. The summed E-state index contributed by atoms with van der Waals surface area (Å²) in [7, 11) is -3.94. The number of nitrogens with two attached hydrogens (primary N) is 1. The maximum atomic E-state index is 11.2. The Labute approximate surface area is 105 Å². The fourth-order valence-electron chi connectivity index (χ4n) is 1.66. The molecule has 0 unspecified atom stereocenters. The molecule has 18 heavy (non-hydrogen) atoms. The number of nitro groups is 1. The third-order valence-electron chi connectivity index (χ3n) is 2.58. The van der Waals surface area contributed by atoms with Gasteiger partial charge in [0.2, 0.25) is 10.0 Å². The maximum Gasteiger partial charge on any atom is 0.293 e. The van der Waals surface area contributed by atoms with Gasteiger partial charge in [-0.25, -0.2) is 13.6 Å². The van der Waals surface area contributed by atoms with Crippen molar-refractivity contribution in [1.82, 2.24) is 0 Å². The van der Waals surface area contributed by atoms with Crippen molar-refractivity contribution in [3.63, 3.8) is 0 Å². The van der Waals surface area contributed by atoms with E-state index in [-0.39, 0.29) is 10.6 Å². The van der Waals surface area contributed by atoms with Crippen LogP contribution in [0.1, 0.15) is 13.8 Å². The van der Waals surface area contributed by atoms with Crippen LogP contribution >= 0.6 is 0 Å². The lowest BCUT2D eigenvalue weighted by Gasteiger charge is -2.20. The second kappa shape index (κ2) is 5.32. The van der Waals surface area contributed by atoms with Crippen molar-refractivity contribution in [3.8, 4) is 0 Å². The van der Waals surface area contributed by atoms with Crippen molar-refractivity contribution < 1.29 is 13.3 Å². The molecule has 0 aromatic heterocycles. The zero-order chi connectivity index (χ0) is 13.9. The molecule has 100 valence electrons. The van der Waals surface area contributed by atoms with Crippen LogP contribution in [0.25, 0.3) is 0 Å². The van der Waals surface area contributed by atoms with Crippen LogP contribution in [0.4, 0.5) is 11.4 Å². The van der Waals surface area contributed by atoms with Gasteiger partial charge < -0.3 is 4.90 Å². The van der Waals surface area contributed by atoms with Crippen LogP contribution in [-0.4, -0.2) is 26.4 Å². The highest BCUT2D eigenvalue weighted by Crippen LogP contribution is 2.30. The molecule has 0 aliphatic carbocycles. The summed E-state index contributed by atoms with van der Waals surface area (Å²) in [5, 5.41) is 15.9. The number of benzene rings is 1. The minimum atomic E-state index is -3.94. The molecule has 1 rings (SSSR count). The Bertz CT molecular complexity index is 552. The van der Waals surface area contributed by atoms with Gasteiger partial charge in [0.15, 0.2) is 0 Å². The van der Waals surface area contributed by atoms with E-state index in [9.17, 15) is 18.5 Å². The van der Waals surface area contributed by atoms with E-state index in [4.69, 9.17) is 5.14 Å². The first-order valence-corrected chi connectivity index (χ1v) is 6.92. The van der Waals surface area contributed by atoms with Gasteiger partial charge in [-0.1, -0.05) is 0 Å². The van der Waals surface area contributed by atoms with E-state index in [0.717, 1.165) is 6.07 Å². The van der Waals surface area contributed by atoms with Crippen molar-refractivity contribution in [2.24, 2.45) is 5.14 Å². The molecule has 0 aliphatic heterocycles. The van der Waals surface area contributed by atoms with Gasteiger partial charge in [-0.15, -0.1) is 0 Å². The molecule has 0 saturated carbocycles. The summed E-state index contributed by atoms with van der Waals surface area (Å²) < 4.78 is 22.3. The maximum absolute atomic E-state index is 11.2. The number of rotatable bonds is 5. The topological polar surface area (TPSA) is 107 Å². The van der Waals surface area contributed by atoms with Crippen LogP contribution in [0.5, 0.6) is 0 Å². The van der Waals surface area contributed by atoms with E-state index in [1.807, 2.05) is 13.8 Å². The Morgan fingerprint density at radius 3 is 2.28 bits per heavy atom. The minimum Gasteiger partial charge on any atom is -0.367 e. The highest BCUT2D eigenvalue weighted by Gasteiger charge is 2.21. The number of hydrogen-bond donors (Lipinski definition) is 1. The second-order valence-electron chi connectivity index (χ2n) is 3.62. The molecule has 0 amide bonds. The quantitative estimate of drug-likeness (QED) is 0.638. The van der Waals surface area contributed by atoms with Gasteiger partial charge in [0.1, 0.15) is 5.69 Å².